The molecule has 4 heteroatoms. The van der Waals surface area contributed by atoms with Gasteiger partial charge in [-0.15, -0.1) is 0 Å². The highest BCUT2D eigenvalue weighted by Crippen LogP contribution is 2.33. The first-order valence-corrected chi connectivity index (χ1v) is 10.5. The van der Waals surface area contributed by atoms with Crippen molar-refractivity contribution in [2.45, 2.75) is 27.4 Å². The first kappa shape index (κ1) is 21.1. The number of hydrogen-bond acceptors (Lipinski definition) is 4. The van der Waals surface area contributed by atoms with Crippen molar-refractivity contribution in [1.82, 2.24) is 0 Å². The lowest BCUT2D eigenvalue weighted by Crippen LogP contribution is -2.44. The third kappa shape index (κ3) is 4.97. The summed E-state index contributed by atoms with van der Waals surface area (Å²) in [7, 11) is 0. The molecule has 0 saturated carbocycles. The SMILES string of the molecule is Cc1cc(OCC2(C)COC2)cc(C)c1-c1cccc(COc2ccc(C=O)cc2)c1. The highest BCUT2D eigenvalue weighted by atomic mass is 16.5. The summed E-state index contributed by atoms with van der Waals surface area (Å²) >= 11 is 0. The second-order valence-corrected chi connectivity index (χ2v) is 8.70. The Morgan fingerprint density at radius 2 is 1.65 bits per heavy atom. The van der Waals surface area contributed by atoms with E-state index in [9.17, 15) is 4.79 Å². The average Bonchev–Trinajstić information content (AvgIpc) is 2.75. The van der Waals surface area contributed by atoms with Crippen LogP contribution in [0.1, 0.15) is 34.0 Å². The molecule has 0 atom stereocenters. The van der Waals surface area contributed by atoms with Crippen molar-refractivity contribution in [1.29, 1.82) is 0 Å². The minimum absolute atomic E-state index is 0.127. The van der Waals surface area contributed by atoms with Gasteiger partial charge in [-0.25, -0.2) is 0 Å². The molecule has 1 saturated heterocycles. The molecule has 1 aliphatic rings. The molecule has 1 fully saturated rings. The quantitative estimate of drug-likeness (QED) is 0.437. The predicted molar refractivity (Wildman–Crippen MR) is 122 cm³/mol. The van der Waals surface area contributed by atoms with Gasteiger partial charge in [0.15, 0.2) is 0 Å². The lowest BCUT2D eigenvalue weighted by molar-refractivity contribution is -0.120. The number of benzene rings is 3. The molecule has 0 N–H and O–H groups in total. The van der Waals surface area contributed by atoms with Crippen LogP contribution in [-0.4, -0.2) is 26.1 Å². The molecule has 3 aromatic carbocycles. The maximum absolute atomic E-state index is 10.8. The highest BCUT2D eigenvalue weighted by Gasteiger charge is 2.34. The zero-order valence-electron chi connectivity index (χ0n) is 18.3. The van der Waals surface area contributed by atoms with Crippen LogP contribution in [0.5, 0.6) is 11.5 Å². The van der Waals surface area contributed by atoms with Crippen molar-refractivity contribution in [3.63, 3.8) is 0 Å². The van der Waals surface area contributed by atoms with E-state index >= 15 is 0 Å². The van der Waals surface area contributed by atoms with Gasteiger partial charge in [-0.3, -0.25) is 4.79 Å². The number of carbonyl (C=O) groups is 1. The van der Waals surface area contributed by atoms with Gasteiger partial charge >= 0.3 is 0 Å². The van der Waals surface area contributed by atoms with E-state index in [1.54, 1.807) is 12.1 Å². The van der Waals surface area contributed by atoms with Gasteiger partial charge in [0.25, 0.3) is 0 Å². The van der Waals surface area contributed by atoms with E-state index in [1.807, 2.05) is 12.1 Å². The van der Waals surface area contributed by atoms with Crippen molar-refractivity contribution >= 4 is 6.29 Å². The summed E-state index contributed by atoms with van der Waals surface area (Å²) in [6.45, 7) is 9.11. The fraction of sp³-hybridized carbons (Fsp3) is 0.296. The number of aldehydes is 1. The first-order valence-electron chi connectivity index (χ1n) is 10.5. The number of carbonyl (C=O) groups excluding carboxylic acids is 1. The largest absolute Gasteiger partial charge is 0.493 e. The molecule has 31 heavy (non-hydrogen) atoms. The van der Waals surface area contributed by atoms with Crippen molar-refractivity contribution in [2.75, 3.05) is 19.8 Å². The van der Waals surface area contributed by atoms with Crippen LogP contribution in [0, 0.1) is 19.3 Å². The zero-order chi connectivity index (χ0) is 21.8. The molecule has 1 heterocycles. The molecule has 0 aliphatic carbocycles. The minimum atomic E-state index is 0.127. The van der Waals surface area contributed by atoms with Gasteiger partial charge in [-0.05, 0) is 84.1 Å². The van der Waals surface area contributed by atoms with E-state index in [-0.39, 0.29) is 5.41 Å². The number of ether oxygens (including phenoxy) is 3. The summed E-state index contributed by atoms with van der Waals surface area (Å²) < 4.78 is 17.3. The van der Waals surface area contributed by atoms with Crippen molar-refractivity contribution in [2.24, 2.45) is 5.41 Å². The van der Waals surface area contributed by atoms with E-state index in [4.69, 9.17) is 14.2 Å². The van der Waals surface area contributed by atoms with E-state index in [2.05, 4.69) is 57.2 Å². The van der Waals surface area contributed by atoms with Gasteiger partial charge in [0, 0.05) is 11.0 Å². The molecule has 160 valence electrons. The molecule has 0 aromatic heterocycles. The summed E-state index contributed by atoms with van der Waals surface area (Å²) in [6, 6.07) is 19.8. The zero-order valence-corrected chi connectivity index (χ0v) is 18.3. The Balaban J connectivity index is 1.47. The van der Waals surface area contributed by atoms with Crippen LogP contribution in [-0.2, 0) is 11.3 Å². The van der Waals surface area contributed by atoms with Crippen LogP contribution in [0.3, 0.4) is 0 Å². The molecule has 0 unspecified atom stereocenters. The standard InChI is InChI=1S/C27H28O4/c1-19-11-25(31-18-27(3)16-29-17-27)12-20(2)26(19)23-6-4-5-22(13-23)15-30-24-9-7-21(14-28)8-10-24/h4-14H,15-18H2,1-3H3. The Hall–Kier alpha value is -3.11. The van der Waals surface area contributed by atoms with Crippen molar-refractivity contribution in [3.8, 4) is 22.6 Å². The minimum Gasteiger partial charge on any atom is -0.493 e. The van der Waals surface area contributed by atoms with Crippen molar-refractivity contribution < 1.29 is 19.0 Å². The fourth-order valence-corrected chi connectivity index (χ4v) is 3.88. The lowest BCUT2D eigenvalue weighted by atomic mass is 9.90. The topological polar surface area (TPSA) is 44.8 Å². The average molecular weight is 417 g/mol. The molecule has 4 nitrogen and oxygen atoms in total. The molecule has 0 amide bonds. The lowest BCUT2D eigenvalue weighted by Gasteiger charge is -2.37. The Morgan fingerprint density at radius 3 is 2.26 bits per heavy atom. The van der Waals surface area contributed by atoms with Crippen molar-refractivity contribution in [3.05, 3.63) is 82.9 Å². The fourth-order valence-electron chi connectivity index (χ4n) is 3.88. The van der Waals surface area contributed by atoms with Crippen LogP contribution < -0.4 is 9.47 Å². The normalized spacial score (nSPS) is 14.5. The van der Waals surface area contributed by atoms with Gasteiger partial charge in [0.2, 0.25) is 0 Å². The summed E-state index contributed by atoms with van der Waals surface area (Å²) in [5.41, 5.74) is 6.63. The van der Waals surface area contributed by atoms with Crippen LogP contribution in [0.4, 0.5) is 0 Å². The summed E-state index contributed by atoms with van der Waals surface area (Å²) in [4.78, 5) is 10.8. The molecule has 3 aromatic rings. The number of rotatable bonds is 8. The molecular weight excluding hydrogens is 388 g/mol. The second kappa shape index (κ2) is 8.94. The maximum atomic E-state index is 10.8. The van der Waals surface area contributed by atoms with Gasteiger partial charge in [-0.2, -0.15) is 0 Å². The summed E-state index contributed by atoms with van der Waals surface area (Å²) in [5, 5.41) is 0. The molecule has 0 spiro atoms. The van der Waals surface area contributed by atoms with Crippen LogP contribution in [0.15, 0.2) is 60.7 Å². The van der Waals surface area contributed by atoms with Gasteiger partial charge in [0.05, 0.1) is 19.8 Å². The van der Waals surface area contributed by atoms with E-state index < -0.39 is 0 Å². The number of hydrogen-bond donors (Lipinski definition) is 0. The van der Waals surface area contributed by atoms with E-state index in [0.717, 1.165) is 36.6 Å². The molecule has 1 aliphatic heterocycles. The van der Waals surface area contributed by atoms with Crippen LogP contribution in [0.25, 0.3) is 11.1 Å². The Kier molecular flexibility index (Phi) is 6.10. The van der Waals surface area contributed by atoms with Gasteiger partial charge < -0.3 is 14.2 Å². The molecule has 0 bridgehead atoms. The molecule has 4 rings (SSSR count). The Labute approximate surface area is 183 Å². The summed E-state index contributed by atoms with van der Waals surface area (Å²) in [5.74, 6) is 1.65. The second-order valence-electron chi connectivity index (χ2n) is 8.70. The third-order valence-electron chi connectivity index (χ3n) is 5.63. The van der Waals surface area contributed by atoms with Crippen LogP contribution in [0.2, 0.25) is 0 Å². The van der Waals surface area contributed by atoms with E-state index in [0.29, 0.717) is 18.8 Å². The predicted octanol–water partition coefficient (Wildman–Crippen LogP) is 5.78. The van der Waals surface area contributed by atoms with E-state index in [1.165, 1.54) is 22.3 Å². The number of aryl methyl sites for hydroxylation is 2. The monoisotopic (exact) mass is 416 g/mol. The Morgan fingerprint density at radius 1 is 0.935 bits per heavy atom. The highest BCUT2D eigenvalue weighted by molar-refractivity contribution is 5.75. The van der Waals surface area contributed by atoms with Gasteiger partial charge in [-0.1, -0.05) is 25.1 Å². The maximum Gasteiger partial charge on any atom is 0.150 e. The van der Waals surface area contributed by atoms with Crippen LogP contribution >= 0.6 is 0 Å². The Bertz CT molecular complexity index is 1040. The van der Waals surface area contributed by atoms with Gasteiger partial charge in [0.1, 0.15) is 24.4 Å². The third-order valence-corrected chi connectivity index (χ3v) is 5.63. The molecule has 0 radical (unpaired) electrons. The molecular formula is C27H28O4. The smallest absolute Gasteiger partial charge is 0.150 e. The first-order chi connectivity index (χ1) is 15.0. The summed E-state index contributed by atoms with van der Waals surface area (Å²) in [6.07, 6.45) is 0.830.